The van der Waals surface area contributed by atoms with Crippen LogP contribution in [0.4, 0.5) is 0 Å². The lowest BCUT2D eigenvalue weighted by atomic mass is 10.1. The SMILES string of the molecule is Cc1nc(CNCC(c2ccccc2)N2CCCC2)cs1. The first-order chi connectivity index (χ1) is 10.3. The monoisotopic (exact) mass is 301 g/mol. The molecule has 0 saturated carbocycles. The van der Waals surface area contributed by atoms with Crippen molar-refractivity contribution in [2.24, 2.45) is 0 Å². The summed E-state index contributed by atoms with van der Waals surface area (Å²) in [5.41, 5.74) is 2.58. The average molecular weight is 301 g/mol. The molecule has 0 bridgehead atoms. The van der Waals surface area contributed by atoms with E-state index in [1.165, 1.54) is 31.5 Å². The molecule has 1 saturated heterocycles. The first-order valence-corrected chi connectivity index (χ1v) is 8.61. The molecular formula is C17H23N3S. The summed E-state index contributed by atoms with van der Waals surface area (Å²) in [6, 6.07) is 11.4. The maximum Gasteiger partial charge on any atom is 0.0897 e. The fourth-order valence-corrected chi connectivity index (χ4v) is 3.63. The lowest BCUT2D eigenvalue weighted by Crippen LogP contribution is -2.34. The summed E-state index contributed by atoms with van der Waals surface area (Å²) in [4.78, 5) is 7.13. The number of nitrogens with one attached hydrogen (secondary N) is 1. The minimum absolute atomic E-state index is 0.480. The van der Waals surface area contributed by atoms with Gasteiger partial charge in [-0.1, -0.05) is 30.3 Å². The average Bonchev–Trinajstić information content (AvgIpc) is 3.16. The molecule has 4 heteroatoms. The van der Waals surface area contributed by atoms with Crippen molar-refractivity contribution < 1.29 is 0 Å². The molecule has 1 aliphatic rings. The van der Waals surface area contributed by atoms with Crippen molar-refractivity contribution in [2.45, 2.75) is 32.4 Å². The summed E-state index contributed by atoms with van der Waals surface area (Å²) in [6.07, 6.45) is 2.66. The second-order valence-corrected chi connectivity index (χ2v) is 6.72. The number of hydrogen-bond donors (Lipinski definition) is 1. The van der Waals surface area contributed by atoms with Gasteiger partial charge in [0.1, 0.15) is 0 Å². The lowest BCUT2D eigenvalue weighted by molar-refractivity contribution is 0.238. The zero-order valence-corrected chi connectivity index (χ0v) is 13.4. The predicted molar refractivity (Wildman–Crippen MR) is 88.5 cm³/mol. The number of aryl methyl sites for hydroxylation is 1. The van der Waals surface area contributed by atoms with E-state index in [0.29, 0.717) is 6.04 Å². The van der Waals surface area contributed by atoms with Crippen LogP contribution in [0.2, 0.25) is 0 Å². The molecule has 0 radical (unpaired) electrons. The van der Waals surface area contributed by atoms with Crippen LogP contribution >= 0.6 is 11.3 Å². The third kappa shape index (κ3) is 3.90. The Balaban J connectivity index is 1.62. The maximum absolute atomic E-state index is 4.52. The number of hydrogen-bond acceptors (Lipinski definition) is 4. The largest absolute Gasteiger partial charge is 0.309 e. The molecular weight excluding hydrogens is 278 g/mol. The fourth-order valence-electron chi connectivity index (χ4n) is 3.01. The normalized spacial score (nSPS) is 17.2. The molecule has 2 aromatic rings. The minimum Gasteiger partial charge on any atom is -0.309 e. The predicted octanol–water partition coefficient (Wildman–Crippen LogP) is 3.38. The van der Waals surface area contributed by atoms with E-state index in [2.05, 4.69) is 57.8 Å². The number of likely N-dealkylation sites (tertiary alicyclic amines) is 1. The van der Waals surface area contributed by atoms with Crippen LogP contribution in [-0.2, 0) is 6.54 Å². The van der Waals surface area contributed by atoms with Gasteiger partial charge in [-0.25, -0.2) is 4.98 Å². The van der Waals surface area contributed by atoms with Gasteiger partial charge in [0, 0.05) is 24.5 Å². The van der Waals surface area contributed by atoms with Crippen molar-refractivity contribution in [1.29, 1.82) is 0 Å². The first kappa shape index (κ1) is 14.7. The number of nitrogens with zero attached hydrogens (tertiary/aromatic N) is 2. The molecule has 3 rings (SSSR count). The molecule has 1 aromatic carbocycles. The molecule has 1 N–H and O–H groups in total. The van der Waals surface area contributed by atoms with E-state index in [0.717, 1.165) is 23.8 Å². The number of rotatable bonds is 6. The molecule has 21 heavy (non-hydrogen) atoms. The van der Waals surface area contributed by atoms with Crippen LogP contribution in [0.5, 0.6) is 0 Å². The van der Waals surface area contributed by atoms with E-state index < -0.39 is 0 Å². The maximum atomic E-state index is 4.52. The number of thiazole rings is 1. The van der Waals surface area contributed by atoms with Gasteiger partial charge in [0.05, 0.1) is 10.7 Å². The topological polar surface area (TPSA) is 28.2 Å². The van der Waals surface area contributed by atoms with Gasteiger partial charge in [-0.15, -0.1) is 11.3 Å². The fraction of sp³-hybridized carbons (Fsp3) is 0.471. The standard InChI is InChI=1S/C17H23N3S/c1-14-19-16(13-21-14)11-18-12-17(20-9-5-6-10-20)15-7-3-2-4-8-15/h2-4,7-8,13,17-18H,5-6,9-12H2,1H3. The highest BCUT2D eigenvalue weighted by molar-refractivity contribution is 7.09. The molecule has 1 unspecified atom stereocenters. The number of aromatic nitrogens is 1. The second kappa shape index (κ2) is 7.16. The molecule has 0 spiro atoms. The van der Waals surface area contributed by atoms with Crippen molar-refractivity contribution in [3.05, 3.63) is 52.0 Å². The van der Waals surface area contributed by atoms with Gasteiger partial charge in [0.15, 0.2) is 0 Å². The summed E-state index contributed by atoms with van der Waals surface area (Å²) < 4.78 is 0. The molecule has 0 aliphatic carbocycles. The Morgan fingerprint density at radius 2 is 2.00 bits per heavy atom. The molecule has 112 valence electrons. The zero-order chi connectivity index (χ0) is 14.5. The molecule has 1 aliphatic heterocycles. The highest BCUT2D eigenvalue weighted by Crippen LogP contribution is 2.24. The van der Waals surface area contributed by atoms with Gasteiger partial charge in [-0.05, 0) is 38.4 Å². The molecule has 0 amide bonds. The zero-order valence-electron chi connectivity index (χ0n) is 12.6. The summed E-state index contributed by atoms with van der Waals surface area (Å²) in [5, 5.41) is 6.89. The Bertz CT molecular complexity index is 546. The van der Waals surface area contributed by atoms with E-state index in [9.17, 15) is 0 Å². The smallest absolute Gasteiger partial charge is 0.0897 e. The summed E-state index contributed by atoms with van der Waals surface area (Å²) >= 11 is 1.72. The Hall–Kier alpha value is -1.23. The van der Waals surface area contributed by atoms with Gasteiger partial charge in [0.25, 0.3) is 0 Å². The molecule has 2 heterocycles. The Morgan fingerprint density at radius 1 is 1.24 bits per heavy atom. The van der Waals surface area contributed by atoms with Crippen molar-refractivity contribution in [1.82, 2.24) is 15.2 Å². The lowest BCUT2D eigenvalue weighted by Gasteiger charge is -2.28. The number of benzene rings is 1. The molecule has 1 fully saturated rings. The second-order valence-electron chi connectivity index (χ2n) is 5.66. The van der Waals surface area contributed by atoms with Crippen LogP contribution < -0.4 is 5.32 Å². The van der Waals surface area contributed by atoms with E-state index in [-0.39, 0.29) is 0 Å². The highest BCUT2D eigenvalue weighted by Gasteiger charge is 2.22. The third-order valence-electron chi connectivity index (χ3n) is 4.08. The quantitative estimate of drug-likeness (QED) is 0.886. The first-order valence-electron chi connectivity index (χ1n) is 7.73. The third-order valence-corrected chi connectivity index (χ3v) is 4.90. The van der Waals surface area contributed by atoms with Crippen LogP contribution in [0.25, 0.3) is 0 Å². The van der Waals surface area contributed by atoms with E-state index in [4.69, 9.17) is 0 Å². The van der Waals surface area contributed by atoms with Gasteiger partial charge < -0.3 is 5.32 Å². The van der Waals surface area contributed by atoms with E-state index in [1.807, 2.05) is 0 Å². The van der Waals surface area contributed by atoms with Crippen LogP contribution in [0.3, 0.4) is 0 Å². The van der Waals surface area contributed by atoms with Crippen LogP contribution in [-0.4, -0.2) is 29.5 Å². The van der Waals surface area contributed by atoms with Crippen molar-refractivity contribution in [3.8, 4) is 0 Å². The van der Waals surface area contributed by atoms with E-state index >= 15 is 0 Å². The Morgan fingerprint density at radius 3 is 2.67 bits per heavy atom. The molecule has 3 nitrogen and oxygen atoms in total. The van der Waals surface area contributed by atoms with Gasteiger partial charge in [-0.3, -0.25) is 4.90 Å². The summed E-state index contributed by atoms with van der Waals surface area (Å²) in [5.74, 6) is 0. The Labute approximate surface area is 131 Å². The van der Waals surface area contributed by atoms with Crippen LogP contribution in [0, 0.1) is 6.92 Å². The summed E-state index contributed by atoms with van der Waals surface area (Å²) in [6.45, 7) is 6.35. The highest BCUT2D eigenvalue weighted by atomic mass is 32.1. The molecule has 1 aromatic heterocycles. The van der Waals surface area contributed by atoms with Gasteiger partial charge in [0.2, 0.25) is 0 Å². The van der Waals surface area contributed by atoms with Crippen LogP contribution in [0.1, 0.15) is 35.1 Å². The van der Waals surface area contributed by atoms with Crippen molar-refractivity contribution >= 4 is 11.3 Å². The van der Waals surface area contributed by atoms with Crippen molar-refractivity contribution in [3.63, 3.8) is 0 Å². The van der Waals surface area contributed by atoms with Gasteiger partial charge in [-0.2, -0.15) is 0 Å². The molecule has 1 atom stereocenters. The van der Waals surface area contributed by atoms with Crippen LogP contribution in [0.15, 0.2) is 35.7 Å². The van der Waals surface area contributed by atoms with E-state index in [1.54, 1.807) is 11.3 Å². The van der Waals surface area contributed by atoms with Crippen molar-refractivity contribution in [2.75, 3.05) is 19.6 Å². The Kier molecular flexibility index (Phi) is 5.01. The van der Waals surface area contributed by atoms with Gasteiger partial charge >= 0.3 is 0 Å². The summed E-state index contributed by atoms with van der Waals surface area (Å²) in [7, 11) is 0. The minimum atomic E-state index is 0.480.